The zero-order chi connectivity index (χ0) is 16.9. The van der Waals surface area contributed by atoms with E-state index in [-0.39, 0.29) is 11.8 Å². The second-order valence-electron chi connectivity index (χ2n) is 5.32. The molecule has 0 saturated heterocycles. The van der Waals surface area contributed by atoms with E-state index in [1.54, 1.807) is 11.8 Å². The van der Waals surface area contributed by atoms with E-state index in [0.29, 0.717) is 35.9 Å². The number of halogens is 1. The molecule has 0 aliphatic carbocycles. The van der Waals surface area contributed by atoms with E-state index in [0.717, 1.165) is 17.9 Å². The van der Waals surface area contributed by atoms with Crippen molar-refractivity contribution in [3.63, 3.8) is 0 Å². The highest BCUT2D eigenvalue weighted by atomic mass is 35.5. The highest BCUT2D eigenvalue weighted by molar-refractivity contribution is 8.02. The number of amides is 2. The molecule has 2 heterocycles. The number of fused-ring (bicyclic) bond motifs is 1. The van der Waals surface area contributed by atoms with Crippen LogP contribution >= 0.6 is 23.4 Å². The average Bonchev–Trinajstić information content (AvgIpc) is 2.61. The number of carbonyl (C=O) groups is 2. The number of anilines is 1. The van der Waals surface area contributed by atoms with Crippen molar-refractivity contribution in [3.05, 3.63) is 40.9 Å². The van der Waals surface area contributed by atoms with Crippen molar-refractivity contribution in [1.29, 1.82) is 0 Å². The van der Waals surface area contributed by atoms with Crippen LogP contribution in [0, 0.1) is 0 Å². The maximum absolute atomic E-state index is 11.9. The third kappa shape index (κ3) is 3.73. The molecule has 0 atom stereocenters. The Morgan fingerprint density at radius 3 is 3.17 bits per heavy atom. The Labute approximate surface area is 149 Å². The molecule has 0 bridgehead atoms. The van der Waals surface area contributed by atoms with Gasteiger partial charge in [0.05, 0.1) is 0 Å². The van der Waals surface area contributed by atoms with Crippen LogP contribution in [-0.2, 0) is 9.59 Å². The number of nitrogens with one attached hydrogen (secondary N) is 2. The van der Waals surface area contributed by atoms with Crippen molar-refractivity contribution < 1.29 is 9.59 Å². The molecule has 0 radical (unpaired) electrons. The van der Waals surface area contributed by atoms with Crippen LogP contribution in [0.1, 0.15) is 18.4 Å². The van der Waals surface area contributed by atoms with Crippen LogP contribution in [0.15, 0.2) is 40.5 Å². The predicted molar refractivity (Wildman–Crippen MR) is 97.0 cm³/mol. The first-order valence-corrected chi connectivity index (χ1v) is 9.21. The number of thioether (sulfide) groups is 1. The molecule has 0 aromatic heterocycles. The van der Waals surface area contributed by atoms with Gasteiger partial charge in [-0.3, -0.25) is 9.59 Å². The van der Waals surface area contributed by atoms with Gasteiger partial charge in [0, 0.05) is 41.3 Å². The van der Waals surface area contributed by atoms with Crippen LogP contribution in [0.5, 0.6) is 0 Å². The van der Waals surface area contributed by atoms with Crippen molar-refractivity contribution in [2.45, 2.75) is 12.8 Å². The van der Waals surface area contributed by atoms with E-state index in [1.165, 1.54) is 0 Å². The Balaban J connectivity index is 1.81. The Bertz CT molecular complexity index is 720. The van der Waals surface area contributed by atoms with Gasteiger partial charge in [0.15, 0.2) is 5.84 Å². The second kappa shape index (κ2) is 7.72. The van der Waals surface area contributed by atoms with Crippen LogP contribution in [0.3, 0.4) is 0 Å². The number of carbonyl (C=O) groups excluding carboxylic acids is 2. The van der Waals surface area contributed by atoms with E-state index in [4.69, 9.17) is 11.6 Å². The minimum Gasteiger partial charge on any atom is -0.326 e. The lowest BCUT2D eigenvalue weighted by Crippen LogP contribution is -2.45. The monoisotopic (exact) mass is 364 g/mol. The summed E-state index contributed by atoms with van der Waals surface area (Å²) in [5, 5.41) is 8.91. The fourth-order valence-corrected chi connectivity index (χ4v) is 3.42. The van der Waals surface area contributed by atoms with Crippen LogP contribution in [0.25, 0.3) is 0 Å². The summed E-state index contributed by atoms with van der Waals surface area (Å²) < 4.78 is 0. The van der Waals surface area contributed by atoms with Gasteiger partial charge < -0.3 is 10.2 Å². The van der Waals surface area contributed by atoms with Crippen molar-refractivity contribution in [2.75, 3.05) is 23.5 Å². The number of amidine groups is 1. The quantitative estimate of drug-likeness (QED) is 0.786. The molecule has 0 spiro atoms. The zero-order valence-corrected chi connectivity index (χ0v) is 14.5. The van der Waals surface area contributed by atoms with Gasteiger partial charge in [-0.25, -0.2) is 5.43 Å². The predicted octanol–water partition coefficient (Wildman–Crippen LogP) is 2.33. The maximum Gasteiger partial charge on any atom is 0.288 e. The summed E-state index contributed by atoms with van der Waals surface area (Å²) in [6.45, 7) is 0.717. The second-order valence-corrected chi connectivity index (χ2v) is 6.68. The minimum atomic E-state index is -0.198. The van der Waals surface area contributed by atoms with E-state index >= 15 is 0 Å². The Morgan fingerprint density at radius 1 is 1.46 bits per heavy atom. The van der Waals surface area contributed by atoms with Crippen LogP contribution in [0.4, 0.5) is 5.69 Å². The summed E-state index contributed by atoms with van der Waals surface area (Å²) in [5.74, 6) is 1.77. The summed E-state index contributed by atoms with van der Waals surface area (Å²) in [6, 6.07) is 7.44. The third-order valence-electron chi connectivity index (χ3n) is 3.61. The molecule has 0 saturated carbocycles. The number of hydrogen-bond acceptors (Lipinski definition) is 5. The lowest BCUT2D eigenvalue weighted by Gasteiger charge is -2.33. The molecule has 3 rings (SSSR count). The van der Waals surface area contributed by atoms with Crippen molar-refractivity contribution in [2.24, 2.45) is 5.10 Å². The Hall–Kier alpha value is -1.99. The van der Waals surface area contributed by atoms with Crippen LogP contribution < -0.4 is 10.7 Å². The van der Waals surface area contributed by atoms with Crippen molar-refractivity contribution >= 4 is 46.7 Å². The van der Waals surface area contributed by atoms with E-state index in [9.17, 15) is 9.59 Å². The average molecular weight is 365 g/mol. The number of alkyl halides is 1. The SMILES string of the molecule is O=C(CCCCl)Nc1cccc(C2=NNC(=O)C3=CSCCN32)c1. The maximum atomic E-state index is 11.9. The molecule has 2 aliphatic rings. The fourth-order valence-electron chi connectivity index (χ4n) is 2.49. The number of hydrogen-bond donors (Lipinski definition) is 2. The molecule has 24 heavy (non-hydrogen) atoms. The van der Waals surface area contributed by atoms with Gasteiger partial charge in [0.2, 0.25) is 5.91 Å². The number of nitrogens with zero attached hydrogens (tertiary/aromatic N) is 2. The number of benzene rings is 1. The first-order valence-electron chi connectivity index (χ1n) is 7.62. The normalized spacial score (nSPS) is 16.7. The molecule has 6 nitrogen and oxygen atoms in total. The fraction of sp³-hybridized carbons (Fsp3) is 0.312. The lowest BCUT2D eigenvalue weighted by molar-refractivity contribution is -0.119. The summed E-state index contributed by atoms with van der Waals surface area (Å²) in [6.07, 6.45) is 1.03. The van der Waals surface area contributed by atoms with Gasteiger partial charge in [-0.2, -0.15) is 5.10 Å². The van der Waals surface area contributed by atoms with Gasteiger partial charge in [-0.1, -0.05) is 12.1 Å². The van der Waals surface area contributed by atoms with Gasteiger partial charge in [-0.15, -0.1) is 23.4 Å². The van der Waals surface area contributed by atoms with E-state index < -0.39 is 0 Å². The van der Waals surface area contributed by atoms with Crippen molar-refractivity contribution in [1.82, 2.24) is 10.3 Å². The number of hydrazone groups is 1. The molecular weight excluding hydrogens is 348 g/mol. The summed E-state index contributed by atoms with van der Waals surface area (Å²) in [5.41, 5.74) is 4.68. The van der Waals surface area contributed by atoms with Gasteiger partial charge in [0.25, 0.3) is 5.91 Å². The summed E-state index contributed by atoms with van der Waals surface area (Å²) in [7, 11) is 0. The van der Waals surface area contributed by atoms with Crippen LogP contribution in [0.2, 0.25) is 0 Å². The van der Waals surface area contributed by atoms with E-state index in [2.05, 4.69) is 15.8 Å². The van der Waals surface area contributed by atoms with E-state index in [1.807, 2.05) is 34.6 Å². The highest BCUT2D eigenvalue weighted by Gasteiger charge is 2.29. The topological polar surface area (TPSA) is 73.8 Å². The first kappa shape index (κ1) is 16.9. The van der Waals surface area contributed by atoms with Gasteiger partial charge in [-0.05, 0) is 18.6 Å². The van der Waals surface area contributed by atoms with Crippen LogP contribution in [-0.4, -0.2) is 40.7 Å². The molecule has 0 fully saturated rings. The lowest BCUT2D eigenvalue weighted by atomic mass is 10.1. The molecule has 2 amide bonds. The summed E-state index contributed by atoms with van der Waals surface area (Å²) >= 11 is 7.22. The Morgan fingerprint density at radius 2 is 2.33 bits per heavy atom. The Kier molecular flexibility index (Phi) is 5.42. The zero-order valence-electron chi connectivity index (χ0n) is 12.9. The number of rotatable bonds is 5. The molecule has 0 unspecified atom stereocenters. The standard InChI is InChI=1S/C16H17ClN4O2S/c17-6-2-5-14(22)18-12-4-1-3-11(9-12)15-19-20-16(23)13-10-24-8-7-21(13)15/h1,3-4,9-10H,2,5-8H2,(H,18,22)(H,20,23). The smallest absolute Gasteiger partial charge is 0.288 e. The molecular formula is C16H17ClN4O2S. The summed E-state index contributed by atoms with van der Waals surface area (Å²) in [4.78, 5) is 25.7. The molecule has 2 aliphatic heterocycles. The molecule has 1 aromatic carbocycles. The minimum absolute atomic E-state index is 0.0679. The molecule has 2 N–H and O–H groups in total. The highest BCUT2D eigenvalue weighted by Crippen LogP contribution is 2.25. The molecule has 8 heteroatoms. The van der Waals surface area contributed by atoms with Crippen molar-refractivity contribution in [3.8, 4) is 0 Å². The van der Waals surface area contributed by atoms with Gasteiger partial charge in [0.1, 0.15) is 5.70 Å². The third-order valence-corrected chi connectivity index (χ3v) is 4.69. The van der Waals surface area contributed by atoms with Gasteiger partial charge >= 0.3 is 0 Å². The largest absolute Gasteiger partial charge is 0.326 e. The molecule has 1 aromatic rings. The first-order chi connectivity index (χ1) is 11.7. The molecule has 126 valence electrons.